The van der Waals surface area contributed by atoms with Crippen LogP contribution in [0.4, 0.5) is 5.69 Å². The highest BCUT2D eigenvalue weighted by Crippen LogP contribution is 2.36. The molecule has 2 N–H and O–H groups in total. The molecule has 0 aliphatic rings. The first-order valence-electron chi connectivity index (χ1n) is 5.34. The number of nitrogens with two attached hydrogens (primary N) is 1. The van der Waals surface area contributed by atoms with Crippen LogP contribution in [0.2, 0.25) is 0 Å². The number of anilines is 1. The van der Waals surface area contributed by atoms with E-state index in [-0.39, 0.29) is 0 Å². The number of nitrogen functional groups attached to an aromatic ring is 1. The van der Waals surface area contributed by atoms with E-state index < -0.39 is 0 Å². The molecule has 0 heterocycles. The first-order chi connectivity index (χ1) is 8.61. The van der Waals surface area contributed by atoms with Gasteiger partial charge in [0.15, 0.2) is 5.75 Å². The normalized spacial score (nSPS) is 9.83. The molecule has 90 valence electrons. The summed E-state index contributed by atoms with van der Waals surface area (Å²) in [7, 11) is 0. The molecule has 0 aromatic heterocycles. The number of rotatable bonds is 2. The number of halogens is 1. The molecule has 0 aliphatic heterocycles. The van der Waals surface area contributed by atoms with Crippen LogP contribution in [-0.2, 0) is 0 Å². The Morgan fingerprint density at radius 3 is 2.72 bits per heavy atom. The van der Waals surface area contributed by atoms with Crippen molar-refractivity contribution in [1.82, 2.24) is 0 Å². The summed E-state index contributed by atoms with van der Waals surface area (Å²) < 4.78 is 6.48. The average molecular weight is 303 g/mol. The SMILES string of the molecule is Cc1ccc(Oc2c(N)cccc2Br)c(C#N)c1. The molecule has 0 saturated carbocycles. The fourth-order valence-electron chi connectivity index (χ4n) is 1.56. The van der Waals surface area contributed by atoms with Gasteiger partial charge >= 0.3 is 0 Å². The van der Waals surface area contributed by atoms with Gasteiger partial charge in [0.05, 0.1) is 15.7 Å². The summed E-state index contributed by atoms with van der Waals surface area (Å²) in [6.07, 6.45) is 0. The molecule has 0 aliphatic carbocycles. The minimum Gasteiger partial charge on any atom is -0.453 e. The summed E-state index contributed by atoms with van der Waals surface area (Å²) in [5.74, 6) is 1.03. The predicted molar refractivity (Wildman–Crippen MR) is 74.5 cm³/mol. The van der Waals surface area contributed by atoms with E-state index in [1.54, 1.807) is 18.2 Å². The second kappa shape index (κ2) is 5.11. The largest absolute Gasteiger partial charge is 0.453 e. The maximum absolute atomic E-state index is 9.09. The van der Waals surface area contributed by atoms with E-state index in [0.29, 0.717) is 22.7 Å². The van der Waals surface area contributed by atoms with E-state index >= 15 is 0 Å². The van der Waals surface area contributed by atoms with Gasteiger partial charge < -0.3 is 10.5 Å². The maximum Gasteiger partial charge on any atom is 0.164 e. The molecule has 0 atom stereocenters. The fraction of sp³-hybridized carbons (Fsp3) is 0.0714. The predicted octanol–water partition coefficient (Wildman–Crippen LogP) is 4.00. The molecular weight excluding hydrogens is 292 g/mol. The van der Waals surface area contributed by atoms with Crippen LogP contribution >= 0.6 is 15.9 Å². The van der Waals surface area contributed by atoms with E-state index in [1.165, 1.54) is 0 Å². The lowest BCUT2D eigenvalue weighted by Crippen LogP contribution is -1.95. The number of ether oxygens (including phenoxy) is 1. The molecule has 2 rings (SSSR count). The zero-order chi connectivity index (χ0) is 13.1. The topological polar surface area (TPSA) is 59.0 Å². The first kappa shape index (κ1) is 12.5. The second-order valence-corrected chi connectivity index (χ2v) is 4.73. The lowest BCUT2D eigenvalue weighted by Gasteiger charge is -2.11. The molecule has 0 unspecified atom stereocenters. The zero-order valence-electron chi connectivity index (χ0n) is 9.77. The lowest BCUT2D eigenvalue weighted by atomic mass is 10.1. The van der Waals surface area contributed by atoms with Crippen molar-refractivity contribution >= 4 is 21.6 Å². The molecule has 2 aromatic carbocycles. The molecule has 0 fully saturated rings. The Labute approximate surface area is 114 Å². The Hall–Kier alpha value is -1.99. The molecular formula is C14H11BrN2O. The first-order valence-corrected chi connectivity index (χ1v) is 6.13. The lowest BCUT2D eigenvalue weighted by molar-refractivity contribution is 0.480. The van der Waals surface area contributed by atoms with Gasteiger partial charge in [-0.25, -0.2) is 0 Å². The van der Waals surface area contributed by atoms with E-state index in [0.717, 1.165) is 10.0 Å². The third kappa shape index (κ3) is 2.47. The monoisotopic (exact) mass is 302 g/mol. The van der Waals surface area contributed by atoms with Crippen LogP contribution in [0.3, 0.4) is 0 Å². The fourth-order valence-corrected chi connectivity index (χ4v) is 2.03. The highest BCUT2D eigenvalue weighted by Gasteiger charge is 2.10. The molecule has 0 saturated heterocycles. The van der Waals surface area contributed by atoms with Crippen molar-refractivity contribution in [2.45, 2.75) is 6.92 Å². The Bertz CT molecular complexity index is 612. The number of nitriles is 1. The Balaban J connectivity index is 2.44. The summed E-state index contributed by atoms with van der Waals surface area (Å²) in [4.78, 5) is 0. The van der Waals surface area contributed by atoms with Gasteiger partial charge in [0, 0.05) is 0 Å². The summed E-state index contributed by atoms with van der Waals surface area (Å²) >= 11 is 3.38. The molecule has 0 bridgehead atoms. The minimum absolute atomic E-state index is 0.491. The third-order valence-corrected chi connectivity index (χ3v) is 3.09. The molecule has 0 radical (unpaired) electrons. The van der Waals surface area contributed by atoms with Gasteiger partial charge in [-0.2, -0.15) is 5.26 Å². The van der Waals surface area contributed by atoms with Crippen LogP contribution in [0.25, 0.3) is 0 Å². The quantitative estimate of drug-likeness (QED) is 0.853. The highest BCUT2D eigenvalue weighted by molar-refractivity contribution is 9.10. The molecule has 4 heteroatoms. The van der Waals surface area contributed by atoms with Gasteiger partial charge in [-0.15, -0.1) is 0 Å². The van der Waals surface area contributed by atoms with E-state index in [9.17, 15) is 0 Å². The van der Waals surface area contributed by atoms with Gasteiger partial charge in [0.1, 0.15) is 11.8 Å². The van der Waals surface area contributed by atoms with Crippen LogP contribution in [0.1, 0.15) is 11.1 Å². The number of nitrogens with zero attached hydrogens (tertiary/aromatic N) is 1. The number of hydrogen-bond donors (Lipinski definition) is 1. The Morgan fingerprint density at radius 1 is 1.28 bits per heavy atom. The van der Waals surface area contributed by atoms with Crippen LogP contribution in [0.5, 0.6) is 11.5 Å². The molecule has 2 aromatic rings. The summed E-state index contributed by atoms with van der Waals surface area (Å²) in [5, 5.41) is 9.09. The van der Waals surface area contributed by atoms with E-state index in [1.807, 2.05) is 25.1 Å². The van der Waals surface area contributed by atoms with Crippen molar-refractivity contribution in [3.05, 3.63) is 52.0 Å². The van der Waals surface area contributed by atoms with Crippen LogP contribution in [0.15, 0.2) is 40.9 Å². The van der Waals surface area contributed by atoms with Crippen molar-refractivity contribution in [1.29, 1.82) is 5.26 Å². The van der Waals surface area contributed by atoms with Crippen molar-refractivity contribution in [3.63, 3.8) is 0 Å². The van der Waals surface area contributed by atoms with Crippen LogP contribution in [-0.4, -0.2) is 0 Å². The Kier molecular flexibility index (Phi) is 3.54. The van der Waals surface area contributed by atoms with Gasteiger partial charge in [0.25, 0.3) is 0 Å². The summed E-state index contributed by atoms with van der Waals surface area (Å²) in [5.41, 5.74) is 7.88. The van der Waals surface area contributed by atoms with Gasteiger partial charge in [-0.1, -0.05) is 12.1 Å². The minimum atomic E-state index is 0.491. The standard InChI is InChI=1S/C14H11BrN2O/c1-9-5-6-13(10(7-9)8-16)18-14-11(15)3-2-4-12(14)17/h2-7H,17H2,1H3. The molecule has 18 heavy (non-hydrogen) atoms. The number of aryl methyl sites for hydroxylation is 1. The number of para-hydroxylation sites is 1. The highest BCUT2D eigenvalue weighted by atomic mass is 79.9. The van der Waals surface area contributed by atoms with Crippen LogP contribution in [0, 0.1) is 18.3 Å². The smallest absolute Gasteiger partial charge is 0.164 e. The molecule has 3 nitrogen and oxygen atoms in total. The van der Waals surface area contributed by atoms with Crippen molar-refractivity contribution in [3.8, 4) is 17.6 Å². The van der Waals surface area contributed by atoms with Gasteiger partial charge in [-0.3, -0.25) is 0 Å². The van der Waals surface area contributed by atoms with Crippen molar-refractivity contribution < 1.29 is 4.74 Å². The zero-order valence-corrected chi connectivity index (χ0v) is 11.4. The van der Waals surface area contributed by atoms with Crippen LogP contribution < -0.4 is 10.5 Å². The molecule has 0 spiro atoms. The van der Waals surface area contributed by atoms with E-state index in [2.05, 4.69) is 22.0 Å². The van der Waals surface area contributed by atoms with Gasteiger partial charge in [-0.05, 0) is 52.7 Å². The van der Waals surface area contributed by atoms with Crippen molar-refractivity contribution in [2.75, 3.05) is 5.73 Å². The average Bonchev–Trinajstić information content (AvgIpc) is 2.35. The second-order valence-electron chi connectivity index (χ2n) is 3.87. The van der Waals surface area contributed by atoms with Crippen molar-refractivity contribution in [2.24, 2.45) is 0 Å². The summed E-state index contributed by atoms with van der Waals surface area (Å²) in [6, 6.07) is 13.0. The maximum atomic E-state index is 9.09. The summed E-state index contributed by atoms with van der Waals surface area (Å²) in [6.45, 7) is 1.93. The molecule has 0 amide bonds. The van der Waals surface area contributed by atoms with E-state index in [4.69, 9.17) is 15.7 Å². The van der Waals surface area contributed by atoms with Gasteiger partial charge in [0.2, 0.25) is 0 Å². The number of hydrogen-bond acceptors (Lipinski definition) is 3. The third-order valence-electron chi connectivity index (χ3n) is 2.46. The Morgan fingerprint density at radius 2 is 2.06 bits per heavy atom. The number of benzene rings is 2.